The lowest BCUT2D eigenvalue weighted by Crippen LogP contribution is -2.00. The van der Waals surface area contributed by atoms with Gasteiger partial charge in [-0.15, -0.1) is 5.10 Å². The van der Waals surface area contributed by atoms with E-state index in [-0.39, 0.29) is 0 Å². The van der Waals surface area contributed by atoms with Crippen LogP contribution < -0.4 is 14.8 Å². The Morgan fingerprint density at radius 3 is 2.94 bits per heavy atom. The molecule has 0 saturated carbocycles. The number of hydrogen-bond acceptors (Lipinski definition) is 6. The van der Waals surface area contributed by atoms with E-state index < -0.39 is 0 Å². The van der Waals surface area contributed by atoms with Gasteiger partial charge in [0.15, 0.2) is 0 Å². The van der Waals surface area contributed by atoms with Crippen LogP contribution in [0.15, 0.2) is 22.7 Å². The molecule has 1 N–H and O–H groups in total. The average Bonchev–Trinajstić information content (AvgIpc) is 2.84. The SMILES string of the molecule is CNc1snnc1COc1ccc(OC)cc1Br. The number of aromatic nitrogens is 2. The quantitative estimate of drug-likeness (QED) is 0.913. The fraction of sp³-hybridized carbons (Fsp3) is 0.273. The third-order valence-electron chi connectivity index (χ3n) is 2.29. The van der Waals surface area contributed by atoms with Gasteiger partial charge >= 0.3 is 0 Å². The molecule has 0 spiro atoms. The molecular formula is C11H12BrN3O2S. The Balaban J connectivity index is 2.06. The second kappa shape index (κ2) is 6.01. The van der Waals surface area contributed by atoms with E-state index >= 15 is 0 Å². The third kappa shape index (κ3) is 2.91. The highest BCUT2D eigenvalue weighted by Gasteiger charge is 2.09. The van der Waals surface area contributed by atoms with Crippen molar-refractivity contribution < 1.29 is 9.47 Å². The van der Waals surface area contributed by atoms with E-state index in [2.05, 4.69) is 30.8 Å². The summed E-state index contributed by atoms with van der Waals surface area (Å²) in [7, 11) is 3.46. The summed E-state index contributed by atoms with van der Waals surface area (Å²) in [6.07, 6.45) is 0. The maximum absolute atomic E-state index is 5.68. The summed E-state index contributed by atoms with van der Waals surface area (Å²) >= 11 is 4.74. The van der Waals surface area contributed by atoms with Crippen LogP contribution in [0.4, 0.5) is 5.00 Å². The number of nitrogens with zero attached hydrogens (tertiary/aromatic N) is 2. The van der Waals surface area contributed by atoms with Crippen molar-refractivity contribution >= 4 is 32.5 Å². The van der Waals surface area contributed by atoms with Gasteiger partial charge in [-0.2, -0.15) is 0 Å². The summed E-state index contributed by atoms with van der Waals surface area (Å²) in [6, 6.07) is 5.55. The molecule has 18 heavy (non-hydrogen) atoms. The van der Waals surface area contributed by atoms with Crippen molar-refractivity contribution in [2.75, 3.05) is 19.5 Å². The highest BCUT2D eigenvalue weighted by Crippen LogP contribution is 2.30. The zero-order chi connectivity index (χ0) is 13.0. The van der Waals surface area contributed by atoms with Crippen molar-refractivity contribution in [1.82, 2.24) is 9.59 Å². The number of anilines is 1. The maximum Gasteiger partial charge on any atom is 0.136 e. The van der Waals surface area contributed by atoms with E-state index in [1.54, 1.807) is 7.11 Å². The van der Waals surface area contributed by atoms with Crippen LogP contribution >= 0.6 is 27.5 Å². The van der Waals surface area contributed by atoms with E-state index in [0.29, 0.717) is 6.61 Å². The fourth-order valence-electron chi connectivity index (χ4n) is 1.36. The predicted octanol–water partition coefficient (Wildman–Crippen LogP) is 2.93. The van der Waals surface area contributed by atoms with Crippen molar-refractivity contribution in [3.8, 4) is 11.5 Å². The van der Waals surface area contributed by atoms with E-state index in [0.717, 1.165) is 26.7 Å². The molecule has 0 aliphatic heterocycles. The van der Waals surface area contributed by atoms with Gasteiger partial charge in [0, 0.05) is 18.6 Å². The normalized spacial score (nSPS) is 10.2. The minimum atomic E-state index is 0.373. The van der Waals surface area contributed by atoms with Gasteiger partial charge in [-0.1, -0.05) is 4.49 Å². The van der Waals surface area contributed by atoms with Crippen LogP contribution in [0.3, 0.4) is 0 Å². The van der Waals surface area contributed by atoms with Gasteiger partial charge in [-0.25, -0.2) is 0 Å². The van der Waals surface area contributed by atoms with Gasteiger partial charge in [-0.3, -0.25) is 0 Å². The van der Waals surface area contributed by atoms with Crippen molar-refractivity contribution in [1.29, 1.82) is 0 Å². The van der Waals surface area contributed by atoms with Gasteiger partial charge in [0.2, 0.25) is 0 Å². The second-order valence-electron chi connectivity index (χ2n) is 3.38. The Kier molecular flexibility index (Phi) is 4.38. The number of benzene rings is 1. The number of rotatable bonds is 5. The molecule has 0 atom stereocenters. The Bertz CT molecular complexity index is 533. The second-order valence-corrected chi connectivity index (χ2v) is 4.99. The molecule has 0 radical (unpaired) electrons. The summed E-state index contributed by atoms with van der Waals surface area (Å²) in [5, 5.41) is 7.95. The molecule has 7 heteroatoms. The zero-order valence-electron chi connectivity index (χ0n) is 9.94. The lowest BCUT2D eigenvalue weighted by atomic mass is 10.3. The van der Waals surface area contributed by atoms with Crippen LogP contribution in [0.1, 0.15) is 5.69 Å². The highest BCUT2D eigenvalue weighted by molar-refractivity contribution is 9.10. The Hall–Kier alpha value is -1.34. The number of ether oxygens (including phenoxy) is 2. The molecule has 0 amide bonds. The van der Waals surface area contributed by atoms with Crippen LogP contribution in [0, 0.1) is 0 Å². The first-order valence-electron chi connectivity index (χ1n) is 5.20. The Morgan fingerprint density at radius 1 is 1.44 bits per heavy atom. The standard InChI is InChI=1S/C11H12BrN3O2S/c1-13-11-9(14-15-18-11)6-17-10-4-3-7(16-2)5-8(10)12/h3-5,13H,6H2,1-2H3. The van der Waals surface area contributed by atoms with Crippen molar-refractivity contribution in [3.05, 3.63) is 28.4 Å². The van der Waals surface area contributed by atoms with Crippen LogP contribution in [-0.4, -0.2) is 23.7 Å². The minimum absolute atomic E-state index is 0.373. The molecule has 2 aromatic rings. The topological polar surface area (TPSA) is 56.3 Å². The maximum atomic E-state index is 5.68. The van der Waals surface area contributed by atoms with Gasteiger partial charge < -0.3 is 14.8 Å². The number of methoxy groups -OCH3 is 1. The summed E-state index contributed by atoms with van der Waals surface area (Å²) in [5.74, 6) is 1.52. The van der Waals surface area contributed by atoms with Gasteiger partial charge in [0.05, 0.1) is 11.6 Å². The van der Waals surface area contributed by atoms with E-state index in [9.17, 15) is 0 Å². The Morgan fingerprint density at radius 2 is 2.28 bits per heavy atom. The minimum Gasteiger partial charge on any atom is -0.497 e. The van der Waals surface area contributed by atoms with E-state index in [1.165, 1.54) is 11.5 Å². The van der Waals surface area contributed by atoms with Crippen LogP contribution in [-0.2, 0) is 6.61 Å². The van der Waals surface area contributed by atoms with Gasteiger partial charge in [-0.05, 0) is 34.1 Å². The highest BCUT2D eigenvalue weighted by atomic mass is 79.9. The predicted molar refractivity (Wildman–Crippen MR) is 74.5 cm³/mol. The molecule has 96 valence electrons. The van der Waals surface area contributed by atoms with Crippen LogP contribution in [0.5, 0.6) is 11.5 Å². The number of halogens is 1. The lowest BCUT2D eigenvalue weighted by molar-refractivity contribution is 0.299. The molecule has 0 aliphatic rings. The first-order chi connectivity index (χ1) is 8.74. The monoisotopic (exact) mass is 329 g/mol. The molecule has 5 nitrogen and oxygen atoms in total. The molecule has 2 rings (SSSR count). The Labute approximate surface area is 117 Å². The molecule has 0 unspecified atom stereocenters. The van der Waals surface area contributed by atoms with E-state index in [1.807, 2.05) is 25.2 Å². The average molecular weight is 330 g/mol. The number of hydrogen-bond donors (Lipinski definition) is 1. The molecule has 1 aromatic carbocycles. The largest absolute Gasteiger partial charge is 0.497 e. The van der Waals surface area contributed by atoms with Gasteiger partial charge in [0.25, 0.3) is 0 Å². The molecule has 0 aliphatic carbocycles. The smallest absolute Gasteiger partial charge is 0.136 e. The molecule has 0 fully saturated rings. The van der Waals surface area contributed by atoms with Crippen LogP contribution in [0.25, 0.3) is 0 Å². The van der Waals surface area contributed by atoms with Crippen molar-refractivity contribution in [2.24, 2.45) is 0 Å². The number of nitrogens with one attached hydrogen (secondary N) is 1. The molecule has 0 bridgehead atoms. The van der Waals surface area contributed by atoms with Gasteiger partial charge in [0.1, 0.15) is 28.8 Å². The first kappa shape index (κ1) is 13.1. The third-order valence-corrected chi connectivity index (χ3v) is 3.69. The summed E-state index contributed by atoms with van der Waals surface area (Å²) in [6.45, 7) is 0.373. The molecular weight excluding hydrogens is 318 g/mol. The molecule has 1 aromatic heterocycles. The van der Waals surface area contributed by atoms with Crippen molar-refractivity contribution in [2.45, 2.75) is 6.61 Å². The molecule has 1 heterocycles. The summed E-state index contributed by atoms with van der Waals surface area (Å²) < 4.78 is 15.5. The first-order valence-corrected chi connectivity index (χ1v) is 6.76. The van der Waals surface area contributed by atoms with E-state index in [4.69, 9.17) is 9.47 Å². The summed E-state index contributed by atoms with van der Waals surface area (Å²) in [4.78, 5) is 0. The zero-order valence-corrected chi connectivity index (χ0v) is 12.3. The lowest BCUT2D eigenvalue weighted by Gasteiger charge is -2.08. The van der Waals surface area contributed by atoms with Crippen molar-refractivity contribution in [3.63, 3.8) is 0 Å². The summed E-state index contributed by atoms with van der Waals surface area (Å²) in [5.41, 5.74) is 0.796. The van der Waals surface area contributed by atoms with Crippen LogP contribution in [0.2, 0.25) is 0 Å². The fourth-order valence-corrected chi connectivity index (χ4v) is 2.35. The molecule has 0 saturated heterocycles.